The van der Waals surface area contributed by atoms with Gasteiger partial charge in [0.05, 0.1) is 24.9 Å². The monoisotopic (exact) mass is 669 g/mol. The summed E-state index contributed by atoms with van der Waals surface area (Å²) in [6.07, 6.45) is 3.90. The van der Waals surface area contributed by atoms with Crippen molar-refractivity contribution in [1.82, 2.24) is 0 Å². The van der Waals surface area contributed by atoms with Gasteiger partial charge in [0, 0.05) is 30.4 Å². The number of amides is 1. The largest absolute Gasteiger partial charge is 0.457 e. The molecule has 2 bridgehead atoms. The maximum absolute atomic E-state index is 16.5. The van der Waals surface area contributed by atoms with Gasteiger partial charge in [0.1, 0.15) is 11.7 Å². The summed E-state index contributed by atoms with van der Waals surface area (Å²) in [5, 5.41) is 12.2. The molecule has 2 aliphatic rings. The molecular weight excluding hydrogens is 613 g/mol. The predicted octanol–water partition coefficient (Wildman–Crippen LogP) is 7.13. The Balaban J connectivity index is 2.38. The van der Waals surface area contributed by atoms with Crippen molar-refractivity contribution in [3.63, 3.8) is 0 Å². The minimum Gasteiger partial charge on any atom is -0.457 e. The minimum atomic E-state index is -2.99. The van der Waals surface area contributed by atoms with E-state index in [-0.39, 0.29) is 25.6 Å². The van der Waals surface area contributed by atoms with Gasteiger partial charge in [-0.15, -0.1) is 0 Å². The number of benzene rings is 1. The van der Waals surface area contributed by atoms with Crippen molar-refractivity contribution in [1.29, 1.82) is 0 Å². The second-order valence-corrected chi connectivity index (χ2v) is 15.4. The first kappa shape index (κ1) is 39.4. The van der Waals surface area contributed by atoms with Crippen LogP contribution in [0.2, 0.25) is 0 Å². The van der Waals surface area contributed by atoms with Crippen molar-refractivity contribution >= 4 is 29.4 Å². The molecule has 2 fully saturated rings. The molecule has 0 unspecified atom stereocenters. The van der Waals surface area contributed by atoms with E-state index in [1.165, 1.54) is 13.8 Å². The van der Waals surface area contributed by atoms with Gasteiger partial charge in [0.2, 0.25) is 5.91 Å². The lowest BCUT2D eigenvalue weighted by atomic mass is 9.60. The van der Waals surface area contributed by atoms with Gasteiger partial charge in [-0.1, -0.05) is 97.0 Å². The molecule has 2 heterocycles. The Bertz CT molecular complexity index is 1410. The molecule has 2 saturated heterocycles. The van der Waals surface area contributed by atoms with E-state index >= 15 is 4.39 Å². The van der Waals surface area contributed by atoms with Gasteiger partial charge >= 0.3 is 5.97 Å². The first-order valence-corrected chi connectivity index (χ1v) is 17.1. The molecule has 48 heavy (non-hydrogen) atoms. The summed E-state index contributed by atoms with van der Waals surface area (Å²) in [4.78, 5) is 44.7. The Morgan fingerprint density at radius 1 is 1.06 bits per heavy atom. The van der Waals surface area contributed by atoms with Gasteiger partial charge in [0.25, 0.3) is 5.67 Å². The number of Topliss-reactive ketones (excluding diaryl/α,β-unsaturated/α-hetero) is 1. The number of esters is 1. The SMILES string of the molecule is CC[C@H]1OC(=O)[C@@](C)(F)C(=O)[C@H](C)[C@@H](C(C)(C)C)[C@@]2(C)C[C@@H](C)C(=NC(C)=O)[C@H](C)[C@@H](OC/C(=C\C=C\c3ccccc3)CO2)[C@]1(C)O. The molecule has 0 radical (unpaired) electrons. The Morgan fingerprint density at radius 2 is 1.69 bits per heavy atom. The van der Waals surface area contributed by atoms with Crippen LogP contribution in [-0.2, 0) is 28.6 Å². The van der Waals surface area contributed by atoms with Crippen LogP contribution in [0.3, 0.4) is 0 Å². The summed E-state index contributed by atoms with van der Waals surface area (Å²) in [6.45, 7) is 18.9. The molecule has 9 atom stereocenters. The molecule has 0 aromatic heterocycles. The molecule has 266 valence electrons. The van der Waals surface area contributed by atoms with Gasteiger partial charge in [0.15, 0.2) is 5.78 Å². The van der Waals surface area contributed by atoms with E-state index in [1.54, 1.807) is 13.8 Å². The van der Waals surface area contributed by atoms with Crippen molar-refractivity contribution in [2.45, 2.75) is 118 Å². The molecule has 0 spiro atoms. The zero-order valence-corrected chi connectivity index (χ0v) is 30.6. The van der Waals surface area contributed by atoms with Gasteiger partial charge in [-0.05, 0) is 56.1 Å². The molecule has 1 amide bonds. The average Bonchev–Trinajstić information content (AvgIpc) is 3.00. The third-order valence-corrected chi connectivity index (χ3v) is 10.1. The number of hydrogen-bond donors (Lipinski definition) is 1. The van der Waals surface area contributed by atoms with Crippen LogP contribution in [0.15, 0.2) is 53.0 Å². The third kappa shape index (κ3) is 8.77. The zero-order valence-electron chi connectivity index (χ0n) is 30.6. The standard InChI is InChI=1S/C39H56FNO7/c1-12-30-39(11,45)34-25(3)31(41-27(5)42)24(2)21-37(9,32(36(6,7)8)26(4)33(43)38(10,40)35(44)48-30)47-23-29(22-46-34)20-16-19-28-17-14-13-15-18-28/h13-20,24-26,30,32,34,45H,12,21-23H2,1-11H3/b19-16+,29-20+,41-31?/t24-,25+,26-,30-,32+,34-,37-,38+,39-/m1/s1. The quantitative estimate of drug-likeness (QED) is 0.269. The maximum atomic E-state index is 16.5. The Kier molecular flexibility index (Phi) is 12.5. The number of rotatable bonds is 3. The maximum Gasteiger partial charge on any atom is 0.351 e. The van der Waals surface area contributed by atoms with Crippen molar-refractivity contribution in [3.8, 4) is 0 Å². The fraction of sp³-hybridized carbons (Fsp3) is 0.641. The first-order chi connectivity index (χ1) is 22.2. The van der Waals surface area contributed by atoms with E-state index in [2.05, 4.69) is 4.99 Å². The predicted molar refractivity (Wildman–Crippen MR) is 186 cm³/mol. The van der Waals surface area contributed by atoms with E-state index in [0.29, 0.717) is 12.1 Å². The molecule has 1 aromatic rings. The summed E-state index contributed by atoms with van der Waals surface area (Å²) in [7, 11) is 0. The van der Waals surface area contributed by atoms with Crippen LogP contribution in [0.25, 0.3) is 6.08 Å². The summed E-state index contributed by atoms with van der Waals surface area (Å²) in [6, 6.07) is 9.83. The molecule has 8 nitrogen and oxygen atoms in total. The summed E-state index contributed by atoms with van der Waals surface area (Å²) >= 11 is 0. The second kappa shape index (κ2) is 15.3. The highest BCUT2D eigenvalue weighted by molar-refractivity contribution is 6.07. The number of carbonyl (C=O) groups is 3. The lowest BCUT2D eigenvalue weighted by molar-refractivity contribution is -0.199. The number of fused-ring (bicyclic) bond motifs is 5. The third-order valence-electron chi connectivity index (χ3n) is 10.1. The molecule has 9 heteroatoms. The van der Waals surface area contributed by atoms with Crippen LogP contribution in [0.4, 0.5) is 4.39 Å². The average molecular weight is 670 g/mol. The highest BCUT2D eigenvalue weighted by Crippen LogP contribution is 2.48. The number of aliphatic imine (C=N–C) groups is 1. The fourth-order valence-electron chi connectivity index (χ4n) is 8.17. The lowest BCUT2D eigenvalue weighted by Crippen LogP contribution is -2.59. The van der Waals surface area contributed by atoms with Crippen molar-refractivity contribution in [2.24, 2.45) is 34.1 Å². The molecule has 2 aliphatic heterocycles. The molecule has 0 aliphatic carbocycles. The molecule has 1 N–H and O–H groups in total. The van der Waals surface area contributed by atoms with E-state index in [9.17, 15) is 19.5 Å². The summed E-state index contributed by atoms with van der Waals surface area (Å²) in [5.41, 5.74) is -4.29. The number of carbonyl (C=O) groups excluding carboxylic acids is 3. The minimum absolute atomic E-state index is 0.0297. The normalized spacial score (nSPS) is 37.9. The van der Waals surface area contributed by atoms with E-state index in [0.717, 1.165) is 18.1 Å². The lowest BCUT2D eigenvalue weighted by Gasteiger charge is -2.49. The van der Waals surface area contributed by atoms with Crippen LogP contribution < -0.4 is 0 Å². The number of halogens is 1. The number of allylic oxidation sites excluding steroid dienone is 2. The summed E-state index contributed by atoms with van der Waals surface area (Å²) < 4.78 is 35.6. The van der Waals surface area contributed by atoms with Gasteiger partial charge < -0.3 is 19.3 Å². The number of cyclic esters (lactones) is 1. The van der Waals surface area contributed by atoms with Crippen molar-refractivity contribution in [3.05, 3.63) is 53.6 Å². The van der Waals surface area contributed by atoms with E-state index in [4.69, 9.17) is 14.2 Å². The van der Waals surface area contributed by atoms with Gasteiger partial charge in [-0.25, -0.2) is 14.2 Å². The Hall–Kier alpha value is -3.01. The highest BCUT2D eigenvalue weighted by Gasteiger charge is 2.56. The van der Waals surface area contributed by atoms with Crippen LogP contribution >= 0.6 is 0 Å². The number of alkyl halides is 1. The highest BCUT2D eigenvalue weighted by atomic mass is 19.1. The number of ether oxygens (including phenoxy) is 3. The van der Waals surface area contributed by atoms with Crippen LogP contribution in [0.1, 0.15) is 94.6 Å². The summed E-state index contributed by atoms with van der Waals surface area (Å²) in [5.74, 6) is -5.29. The van der Waals surface area contributed by atoms with Crippen LogP contribution in [-0.4, -0.2) is 70.8 Å². The topological polar surface area (TPSA) is 111 Å². The molecule has 3 rings (SSSR count). The number of hydrogen-bond acceptors (Lipinski definition) is 7. The van der Waals surface area contributed by atoms with Crippen LogP contribution in [0, 0.1) is 29.1 Å². The van der Waals surface area contributed by atoms with Crippen molar-refractivity contribution in [2.75, 3.05) is 13.2 Å². The van der Waals surface area contributed by atoms with Crippen molar-refractivity contribution < 1.29 is 38.1 Å². The zero-order chi connectivity index (χ0) is 36.2. The number of nitrogens with zero attached hydrogens (tertiary/aromatic N) is 1. The van der Waals surface area contributed by atoms with Crippen LogP contribution in [0.5, 0.6) is 0 Å². The van der Waals surface area contributed by atoms with E-state index in [1.807, 2.05) is 90.1 Å². The first-order valence-electron chi connectivity index (χ1n) is 17.1. The Labute approximate surface area is 286 Å². The molecule has 1 aromatic carbocycles. The molecule has 0 saturated carbocycles. The second-order valence-electron chi connectivity index (χ2n) is 15.4. The smallest absolute Gasteiger partial charge is 0.351 e. The van der Waals surface area contributed by atoms with Gasteiger partial charge in [-0.3, -0.25) is 9.59 Å². The number of ketones is 1. The number of aliphatic hydroxyl groups is 1. The molecular formula is C39H56FNO7. The van der Waals surface area contributed by atoms with E-state index < -0.39 is 69.9 Å². The fourth-order valence-corrected chi connectivity index (χ4v) is 8.17. The Morgan fingerprint density at radius 3 is 2.25 bits per heavy atom. The van der Waals surface area contributed by atoms with Gasteiger partial charge in [-0.2, -0.15) is 0 Å².